The van der Waals surface area contributed by atoms with Crippen molar-refractivity contribution in [2.75, 3.05) is 0 Å². The molecular weight excluding hydrogens is 231 g/mol. The Morgan fingerprint density at radius 3 is 2.73 bits per heavy atom. The number of hydrogen-bond donors (Lipinski definition) is 1. The molecule has 0 radical (unpaired) electrons. The molecule has 2 nitrogen and oxygen atoms in total. The van der Waals surface area contributed by atoms with Crippen LogP contribution in [0, 0.1) is 0 Å². The number of aldehydes is 1. The molecule has 1 N–H and O–H groups in total. The number of carbonyl (C=O) groups excluding carboxylic acids is 1. The van der Waals surface area contributed by atoms with Crippen molar-refractivity contribution in [3.8, 4) is 5.75 Å². The van der Waals surface area contributed by atoms with E-state index in [1.54, 1.807) is 0 Å². The molecule has 1 rings (SSSR count). The van der Waals surface area contributed by atoms with Gasteiger partial charge in [0.15, 0.2) is 6.29 Å². The highest BCUT2D eigenvalue weighted by Crippen LogP contribution is 2.29. The van der Waals surface area contributed by atoms with Gasteiger partial charge in [0.2, 0.25) is 0 Å². The Hall–Kier alpha value is -0.540. The lowest BCUT2D eigenvalue weighted by atomic mass is 10.2. The molecule has 0 aliphatic rings. The van der Waals surface area contributed by atoms with Crippen molar-refractivity contribution < 1.29 is 9.90 Å². The van der Waals surface area contributed by atoms with Crippen molar-refractivity contribution in [3.63, 3.8) is 0 Å². The third-order valence-electron chi connectivity index (χ3n) is 1.19. The molecule has 0 aromatic heterocycles. The van der Waals surface area contributed by atoms with Gasteiger partial charge < -0.3 is 5.11 Å². The molecular formula is C7H4BrClO2. The van der Waals surface area contributed by atoms with Crippen molar-refractivity contribution in [1.29, 1.82) is 0 Å². The maximum absolute atomic E-state index is 10.3. The third kappa shape index (κ3) is 1.73. The number of phenols is 1. The average molecular weight is 235 g/mol. The molecule has 58 valence electrons. The van der Waals surface area contributed by atoms with Crippen LogP contribution in [0.25, 0.3) is 0 Å². The van der Waals surface area contributed by atoms with Gasteiger partial charge in [-0.25, -0.2) is 0 Å². The number of aromatic hydroxyl groups is 1. The second-order valence-electron chi connectivity index (χ2n) is 1.94. The highest BCUT2D eigenvalue weighted by molar-refractivity contribution is 9.10. The topological polar surface area (TPSA) is 37.3 Å². The summed E-state index contributed by atoms with van der Waals surface area (Å²) < 4.78 is 0.462. The lowest BCUT2D eigenvalue weighted by molar-refractivity contribution is 0.112. The summed E-state index contributed by atoms with van der Waals surface area (Å²) in [5, 5.41) is 9.32. The number of benzene rings is 1. The molecule has 0 spiro atoms. The van der Waals surface area contributed by atoms with Crippen LogP contribution in [0.5, 0.6) is 5.75 Å². The fraction of sp³-hybridized carbons (Fsp3) is 0. The van der Waals surface area contributed by atoms with Gasteiger partial charge in [0.1, 0.15) is 5.75 Å². The molecule has 0 saturated heterocycles. The van der Waals surface area contributed by atoms with Gasteiger partial charge in [0.25, 0.3) is 0 Å². The summed E-state index contributed by atoms with van der Waals surface area (Å²) >= 11 is 8.64. The second kappa shape index (κ2) is 3.24. The first-order chi connectivity index (χ1) is 5.15. The van der Waals surface area contributed by atoms with Crippen molar-refractivity contribution in [3.05, 3.63) is 27.2 Å². The summed E-state index contributed by atoms with van der Waals surface area (Å²) in [6, 6.07) is 2.78. The van der Waals surface area contributed by atoms with Gasteiger partial charge in [-0.3, -0.25) is 4.79 Å². The summed E-state index contributed by atoms with van der Waals surface area (Å²) in [4.78, 5) is 10.3. The quantitative estimate of drug-likeness (QED) is 0.760. The van der Waals surface area contributed by atoms with Crippen molar-refractivity contribution in [1.82, 2.24) is 0 Å². The fourth-order valence-electron chi connectivity index (χ4n) is 0.642. The monoisotopic (exact) mass is 234 g/mol. The molecule has 0 heterocycles. The highest BCUT2D eigenvalue weighted by atomic mass is 79.9. The number of halogens is 2. The lowest BCUT2D eigenvalue weighted by Crippen LogP contribution is -1.81. The van der Waals surface area contributed by atoms with Crippen LogP contribution < -0.4 is 0 Å². The van der Waals surface area contributed by atoms with E-state index >= 15 is 0 Å². The predicted octanol–water partition coefficient (Wildman–Crippen LogP) is 2.62. The second-order valence-corrected chi connectivity index (χ2v) is 3.20. The largest absolute Gasteiger partial charge is 0.507 e. The molecule has 0 bridgehead atoms. The Morgan fingerprint density at radius 1 is 1.55 bits per heavy atom. The summed E-state index contributed by atoms with van der Waals surface area (Å²) in [7, 11) is 0. The first kappa shape index (κ1) is 8.56. The van der Waals surface area contributed by atoms with Crippen LogP contribution in [-0.4, -0.2) is 11.4 Å². The third-order valence-corrected chi connectivity index (χ3v) is 2.16. The van der Waals surface area contributed by atoms with Crippen LogP contribution in [-0.2, 0) is 0 Å². The van der Waals surface area contributed by atoms with E-state index in [1.165, 1.54) is 12.1 Å². The Kier molecular flexibility index (Phi) is 2.52. The molecule has 0 atom stereocenters. The van der Waals surface area contributed by atoms with Gasteiger partial charge in [-0.1, -0.05) is 11.6 Å². The molecule has 0 unspecified atom stereocenters. The molecule has 0 saturated carbocycles. The van der Waals surface area contributed by atoms with E-state index < -0.39 is 0 Å². The minimum absolute atomic E-state index is 0.0283. The Morgan fingerprint density at radius 2 is 2.18 bits per heavy atom. The van der Waals surface area contributed by atoms with Crippen LogP contribution in [0.1, 0.15) is 10.4 Å². The zero-order valence-corrected chi connectivity index (χ0v) is 7.69. The van der Waals surface area contributed by atoms with E-state index in [2.05, 4.69) is 15.9 Å². The van der Waals surface area contributed by atoms with Gasteiger partial charge >= 0.3 is 0 Å². The molecule has 4 heteroatoms. The van der Waals surface area contributed by atoms with E-state index in [0.29, 0.717) is 16.3 Å². The minimum atomic E-state index is 0.0283. The van der Waals surface area contributed by atoms with E-state index in [4.69, 9.17) is 16.7 Å². The summed E-state index contributed by atoms with van der Waals surface area (Å²) in [6.45, 7) is 0. The molecule has 0 aliphatic heterocycles. The first-order valence-corrected chi connectivity index (χ1v) is 3.95. The molecule has 11 heavy (non-hydrogen) atoms. The fourth-order valence-corrected chi connectivity index (χ4v) is 1.21. The molecule has 0 fully saturated rings. The van der Waals surface area contributed by atoms with Gasteiger partial charge in [-0.05, 0) is 22.0 Å². The van der Waals surface area contributed by atoms with Crippen LogP contribution >= 0.6 is 27.5 Å². The number of carbonyl (C=O) groups is 1. The molecule has 1 aromatic carbocycles. The van der Waals surface area contributed by atoms with Crippen molar-refractivity contribution >= 4 is 33.8 Å². The normalized spacial score (nSPS) is 9.64. The number of hydrogen-bond acceptors (Lipinski definition) is 2. The van der Waals surface area contributed by atoms with Crippen LogP contribution in [0.2, 0.25) is 5.02 Å². The van der Waals surface area contributed by atoms with Crippen molar-refractivity contribution in [2.24, 2.45) is 0 Å². The highest BCUT2D eigenvalue weighted by Gasteiger charge is 2.03. The lowest BCUT2D eigenvalue weighted by Gasteiger charge is -1.99. The Balaban J connectivity index is 3.31. The van der Waals surface area contributed by atoms with Crippen LogP contribution in [0.3, 0.4) is 0 Å². The first-order valence-electron chi connectivity index (χ1n) is 2.78. The van der Waals surface area contributed by atoms with Crippen LogP contribution in [0.15, 0.2) is 16.6 Å². The maximum Gasteiger partial charge on any atom is 0.151 e. The zero-order chi connectivity index (χ0) is 8.43. The summed E-state index contributed by atoms with van der Waals surface area (Å²) in [6.07, 6.45) is 0.631. The molecule has 0 amide bonds. The maximum atomic E-state index is 10.3. The standard InChI is InChI=1S/C7H4BrClO2/c8-5-1-4(3-10)6(9)2-7(5)11/h1-3,11H. The SMILES string of the molecule is O=Cc1cc(Br)c(O)cc1Cl. The van der Waals surface area contributed by atoms with Gasteiger partial charge in [0.05, 0.1) is 9.50 Å². The zero-order valence-electron chi connectivity index (χ0n) is 5.34. The Labute approximate surface area is 76.9 Å². The average Bonchev–Trinajstić information content (AvgIpc) is 1.97. The van der Waals surface area contributed by atoms with E-state index in [-0.39, 0.29) is 10.8 Å². The minimum Gasteiger partial charge on any atom is -0.507 e. The van der Waals surface area contributed by atoms with E-state index in [9.17, 15) is 4.79 Å². The Bertz CT molecular complexity index is 299. The van der Waals surface area contributed by atoms with Gasteiger partial charge in [-0.15, -0.1) is 0 Å². The van der Waals surface area contributed by atoms with E-state index in [0.717, 1.165) is 0 Å². The predicted molar refractivity (Wildman–Crippen MR) is 46.2 cm³/mol. The summed E-state index contributed by atoms with van der Waals surface area (Å²) in [5.74, 6) is 0.0283. The van der Waals surface area contributed by atoms with Gasteiger partial charge in [-0.2, -0.15) is 0 Å². The number of phenolic OH excluding ortho intramolecular Hbond substituents is 1. The summed E-state index contributed by atoms with van der Waals surface area (Å²) in [5.41, 5.74) is 0.358. The smallest absolute Gasteiger partial charge is 0.151 e. The van der Waals surface area contributed by atoms with E-state index in [1.807, 2.05) is 0 Å². The molecule has 0 aliphatic carbocycles. The van der Waals surface area contributed by atoms with Crippen LogP contribution in [0.4, 0.5) is 0 Å². The number of rotatable bonds is 1. The van der Waals surface area contributed by atoms with Gasteiger partial charge in [0, 0.05) is 11.6 Å². The molecule has 1 aromatic rings. The van der Waals surface area contributed by atoms with Crippen molar-refractivity contribution in [2.45, 2.75) is 0 Å².